The summed E-state index contributed by atoms with van der Waals surface area (Å²) in [5.74, 6) is 0.805. The van der Waals surface area contributed by atoms with Gasteiger partial charge in [-0.3, -0.25) is 0 Å². The van der Waals surface area contributed by atoms with Crippen LogP contribution in [0.3, 0.4) is 0 Å². The third-order valence-corrected chi connectivity index (χ3v) is 4.59. The molecule has 0 aliphatic rings. The second-order valence-electron chi connectivity index (χ2n) is 6.17. The van der Waals surface area contributed by atoms with Gasteiger partial charge in [-0.2, -0.15) is 0 Å². The Morgan fingerprint density at radius 1 is 0.885 bits per heavy atom. The summed E-state index contributed by atoms with van der Waals surface area (Å²) < 4.78 is 15.0. The summed E-state index contributed by atoms with van der Waals surface area (Å²) in [7, 11) is 1.91. The zero-order valence-corrected chi connectivity index (χ0v) is 14.6. The molecule has 0 aliphatic heterocycles. The second kappa shape index (κ2) is 7.00. The highest BCUT2D eigenvalue weighted by Crippen LogP contribution is 2.28. The predicted octanol–water partition coefficient (Wildman–Crippen LogP) is 5.38. The molecule has 3 nitrogen and oxygen atoms in total. The number of anilines is 1. The van der Waals surface area contributed by atoms with Crippen LogP contribution >= 0.6 is 0 Å². The predicted molar refractivity (Wildman–Crippen MR) is 106 cm³/mol. The van der Waals surface area contributed by atoms with Crippen LogP contribution in [0.2, 0.25) is 0 Å². The number of fused-ring (bicyclic) bond motifs is 1. The topological polar surface area (TPSA) is 29.9 Å². The second-order valence-corrected chi connectivity index (χ2v) is 6.17. The monoisotopic (exact) mass is 345 g/mol. The van der Waals surface area contributed by atoms with E-state index < -0.39 is 6.67 Å². The highest BCUT2D eigenvalue weighted by atomic mass is 19.1. The van der Waals surface area contributed by atoms with Gasteiger partial charge in [-0.25, -0.2) is 9.37 Å². The largest absolute Gasteiger partial charge is 0.388 e. The lowest BCUT2D eigenvalue weighted by Gasteiger charge is -2.09. The molecule has 1 heterocycles. The van der Waals surface area contributed by atoms with Gasteiger partial charge in [0, 0.05) is 18.3 Å². The van der Waals surface area contributed by atoms with Crippen LogP contribution in [0.15, 0.2) is 72.8 Å². The van der Waals surface area contributed by atoms with E-state index in [2.05, 4.69) is 41.7 Å². The number of para-hydroxylation sites is 2. The molecule has 26 heavy (non-hydrogen) atoms. The van der Waals surface area contributed by atoms with Gasteiger partial charge in [-0.05, 0) is 35.4 Å². The first-order chi connectivity index (χ1) is 12.8. The molecule has 0 saturated heterocycles. The van der Waals surface area contributed by atoms with Crippen LogP contribution in [0, 0.1) is 0 Å². The average molecular weight is 345 g/mol. The van der Waals surface area contributed by atoms with Crippen molar-refractivity contribution in [2.75, 3.05) is 19.0 Å². The van der Waals surface area contributed by atoms with Crippen molar-refractivity contribution in [2.24, 2.45) is 0 Å². The van der Waals surface area contributed by atoms with Gasteiger partial charge in [0.05, 0.1) is 17.6 Å². The van der Waals surface area contributed by atoms with E-state index in [9.17, 15) is 4.39 Å². The smallest absolute Gasteiger partial charge is 0.141 e. The zero-order valence-electron chi connectivity index (χ0n) is 14.6. The van der Waals surface area contributed by atoms with E-state index in [-0.39, 0.29) is 0 Å². The molecule has 4 heteroatoms. The number of halogens is 1. The molecule has 4 rings (SSSR count). The van der Waals surface area contributed by atoms with Crippen LogP contribution in [-0.2, 0) is 6.54 Å². The van der Waals surface area contributed by atoms with Gasteiger partial charge in [0.1, 0.15) is 12.5 Å². The molecule has 3 aromatic carbocycles. The fourth-order valence-electron chi connectivity index (χ4n) is 3.27. The first-order valence-electron chi connectivity index (χ1n) is 8.70. The van der Waals surface area contributed by atoms with Crippen molar-refractivity contribution in [1.82, 2.24) is 9.55 Å². The molecule has 4 aromatic rings. The Hall–Kier alpha value is -3.14. The number of alkyl halides is 1. The number of rotatable bonds is 5. The van der Waals surface area contributed by atoms with E-state index in [1.807, 2.05) is 48.0 Å². The molecular weight excluding hydrogens is 325 g/mol. The van der Waals surface area contributed by atoms with Crippen molar-refractivity contribution >= 4 is 16.7 Å². The Morgan fingerprint density at radius 2 is 1.65 bits per heavy atom. The number of hydrogen-bond acceptors (Lipinski definition) is 2. The maximum Gasteiger partial charge on any atom is 0.141 e. The number of aromatic nitrogens is 2. The van der Waals surface area contributed by atoms with E-state index in [1.165, 1.54) is 0 Å². The molecule has 0 spiro atoms. The molecular formula is C22H20FN3. The van der Waals surface area contributed by atoms with Gasteiger partial charge in [0.25, 0.3) is 0 Å². The highest BCUT2D eigenvalue weighted by Gasteiger charge is 2.12. The van der Waals surface area contributed by atoms with Crippen molar-refractivity contribution in [1.29, 1.82) is 0 Å². The number of nitrogens with one attached hydrogen (secondary N) is 1. The Kier molecular flexibility index (Phi) is 4.40. The average Bonchev–Trinajstić information content (AvgIpc) is 3.07. The number of imidazole rings is 1. The molecule has 0 unspecified atom stereocenters. The van der Waals surface area contributed by atoms with E-state index >= 15 is 0 Å². The molecule has 0 saturated carbocycles. The molecule has 0 aliphatic carbocycles. The molecule has 0 amide bonds. The molecule has 0 atom stereocenters. The summed E-state index contributed by atoms with van der Waals surface area (Å²) in [5.41, 5.74) is 6.21. The Balaban J connectivity index is 1.75. The van der Waals surface area contributed by atoms with Crippen molar-refractivity contribution in [3.8, 4) is 22.5 Å². The molecule has 1 N–H and O–H groups in total. The van der Waals surface area contributed by atoms with Crippen molar-refractivity contribution in [3.05, 3.63) is 72.8 Å². The lowest BCUT2D eigenvalue weighted by molar-refractivity contribution is 0.451. The van der Waals surface area contributed by atoms with Crippen LogP contribution < -0.4 is 5.32 Å². The SMILES string of the molecule is CNc1cccc(-c2ccc(-c3nc4ccccc4n3CCF)cc2)c1. The quantitative estimate of drug-likeness (QED) is 0.526. The van der Waals surface area contributed by atoms with Crippen LogP contribution in [0.25, 0.3) is 33.5 Å². The zero-order chi connectivity index (χ0) is 17.9. The fourth-order valence-corrected chi connectivity index (χ4v) is 3.27. The molecule has 0 radical (unpaired) electrons. The number of aryl methyl sites for hydroxylation is 1. The van der Waals surface area contributed by atoms with Gasteiger partial charge < -0.3 is 9.88 Å². The van der Waals surface area contributed by atoms with Crippen molar-refractivity contribution in [2.45, 2.75) is 6.54 Å². The van der Waals surface area contributed by atoms with E-state index in [0.717, 1.165) is 39.2 Å². The summed E-state index contributed by atoms with van der Waals surface area (Å²) >= 11 is 0. The van der Waals surface area contributed by atoms with Crippen LogP contribution in [0.4, 0.5) is 10.1 Å². The summed E-state index contributed by atoms with van der Waals surface area (Å²) in [6, 6.07) is 24.4. The van der Waals surface area contributed by atoms with Gasteiger partial charge >= 0.3 is 0 Å². The fraction of sp³-hybridized carbons (Fsp3) is 0.136. The summed E-state index contributed by atoms with van der Waals surface area (Å²) in [5, 5.41) is 3.16. The maximum absolute atomic E-state index is 13.1. The van der Waals surface area contributed by atoms with Gasteiger partial charge in [-0.15, -0.1) is 0 Å². The minimum Gasteiger partial charge on any atom is -0.388 e. The minimum absolute atomic E-state index is 0.307. The lowest BCUT2D eigenvalue weighted by atomic mass is 10.0. The Morgan fingerprint density at radius 3 is 2.42 bits per heavy atom. The Labute approximate surface area is 152 Å². The first-order valence-corrected chi connectivity index (χ1v) is 8.70. The molecule has 130 valence electrons. The first kappa shape index (κ1) is 16.3. The van der Waals surface area contributed by atoms with Gasteiger partial charge in [0.15, 0.2) is 0 Å². The summed E-state index contributed by atoms with van der Waals surface area (Å²) in [6.07, 6.45) is 0. The van der Waals surface area contributed by atoms with E-state index in [1.54, 1.807) is 0 Å². The Bertz CT molecular complexity index is 1030. The van der Waals surface area contributed by atoms with E-state index in [4.69, 9.17) is 4.98 Å². The third kappa shape index (κ3) is 2.94. The number of nitrogens with zero attached hydrogens (tertiary/aromatic N) is 2. The normalized spacial score (nSPS) is 11.0. The minimum atomic E-state index is -0.414. The summed E-state index contributed by atoms with van der Waals surface area (Å²) in [4.78, 5) is 4.72. The van der Waals surface area contributed by atoms with Crippen LogP contribution in [0.1, 0.15) is 0 Å². The van der Waals surface area contributed by atoms with Crippen LogP contribution in [-0.4, -0.2) is 23.3 Å². The third-order valence-electron chi connectivity index (χ3n) is 4.59. The van der Waals surface area contributed by atoms with Crippen LogP contribution in [0.5, 0.6) is 0 Å². The van der Waals surface area contributed by atoms with Gasteiger partial charge in [-0.1, -0.05) is 48.5 Å². The molecule has 1 aromatic heterocycles. The van der Waals surface area contributed by atoms with E-state index in [0.29, 0.717) is 6.54 Å². The summed E-state index contributed by atoms with van der Waals surface area (Å²) in [6.45, 7) is -0.107. The maximum atomic E-state index is 13.1. The standard InChI is InChI=1S/C22H20FN3/c1-24-19-6-4-5-18(15-19)16-9-11-17(12-10-16)22-25-20-7-2-3-8-21(20)26(22)14-13-23/h2-12,15,24H,13-14H2,1H3. The van der Waals surface area contributed by atoms with Crippen molar-refractivity contribution < 1.29 is 4.39 Å². The van der Waals surface area contributed by atoms with Crippen molar-refractivity contribution in [3.63, 3.8) is 0 Å². The highest BCUT2D eigenvalue weighted by molar-refractivity contribution is 5.81. The molecule has 0 fully saturated rings. The van der Waals surface area contributed by atoms with Gasteiger partial charge in [0.2, 0.25) is 0 Å². The molecule has 0 bridgehead atoms. The number of benzene rings is 3. The number of hydrogen-bond donors (Lipinski definition) is 1. The lowest BCUT2D eigenvalue weighted by Crippen LogP contribution is -2.02.